The third-order valence-corrected chi connectivity index (χ3v) is 4.07. The molecule has 0 radical (unpaired) electrons. The summed E-state index contributed by atoms with van der Waals surface area (Å²) in [5.41, 5.74) is 5.04. The minimum absolute atomic E-state index is 0.132. The number of hydrogen-bond acceptors (Lipinski definition) is 3. The first-order valence-corrected chi connectivity index (χ1v) is 7.81. The van der Waals surface area contributed by atoms with Gasteiger partial charge in [0, 0.05) is 12.7 Å². The summed E-state index contributed by atoms with van der Waals surface area (Å²) in [6.45, 7) is 2.51. The Balaban J connectivity index is 1.75. The summed E-state index contributed by atoms with van der Waals surface area (Å²) >= 11 is 0. The van der Waals surface area contributed by atoms with Crippen LogP contribution in [0.3, 0.4) is 0 Å². The second-order valence-corrected chi connectivity index (χ2v) is 5.62. The summed E-state index contributed by atoms with van der Waals surface area (Å²) in [5, 5.41) is 4.29. The molecule has 0 bridgehead atoms. The van der Waals surface area contributed by atoms with Crippen molar-refractivity contribution in [2.24, 2.45) is 5.16 Å². The van der Waals surface area contributed by atoms with Crippen molar-refractivity contribution < 1.29 is 9.63 Å². The quantitative estimate of drug-likeness (QED) is 0.626. The highest BCUT2D eigenvalue weighted by Crippen LogP contribution is 2.28. The molecule has 118 valence electrons. The maximum absolute atomic E-state index is 11.8. The highest BCUT2D eigenvalue weighted by molar-refractivity contribution is 6.04. The lowest BCUT2D eigenvalue weighted by Crippen LogP contribution is -2.20. The van der Waals surface area contributed by atoms with E-state index in [-0.39, 0.29) is 5.91 Å². The molecule has 3 rings (SSSR count). The number of carbonyl (C=O) groups excluding carboxylic acids is 1. The summed E-state index contributed by atoms with van der Waals surface area (Å²) in [6.07, 6.45) is 1.24. The van der Waals surface area contributed by atoms with Crippen molar-refractivity contribution in [1.29, 1.82) is 0 Å². The number of likely N-dealkylation sites (N-methyl/N-ethyl adjacent to an activating group) is 1. The van der Waals surface area contributed by atoms with Gasteiger partial charge < -0.3 is 9.74 Å². The Labute approximate surface area is 136 Å². The first-order chi connectivity index (χ1) is 11.2. The van der Waals surface area contributed by atoms with Crippen LogP contribution in [-0.4, -0.2) is 18.7 Å². The molecule has 23 heavy (non-hydrogen) atoms. The van der Waals surface area contributed by atoms with Crippen molar-refractivity contribution in [1.82, 2.24) is 0 Å². The molecular formula is C19H20N2O2. The fourth-order valence-corrected chi connectivity index (χ4v) is 2.73. The Morgan fingerprint density at radius 3 is 2.74 bits per heavy atom. The van der Waals surface area contributed by atoms with Crippen LogP contribution in [0.1, 0.15) is 30.0 Å². The van der Waals surface area contributed by atoms with Crippen LogP contribution in [0.5, 0.6) is 0 Å². The van der Waals surface area contributed by atoms with E-state index in [9.17, 15) is 4.79 Å². The highest BCUT2D eigenvalue weighted by atomic mass is 16.6. The molecule has 1 aliphatic heterocycles. The zero-order chi connectivity index (χ0) is 16.2. The van der Waals surface area contributed by atoms with Crippen molar-refractivity contribution in [2.75, 3.05) is 11.9 Å². The van der Waals surface area contributed by atoms with E-state index in [2.05, 4.69) is 12.1 Å². The number of nitrogens with zero attached hydrogens (tertiary/aromatic N) is 2. The monoisotopic (exact) mass is 308 g/mol. The van der Waals surface area contributed by atoms with E-state index in [1.54, 1.807) is 4.90 Å². The van der Waals surface area contributed by atoms with E-state index >= 15 is 0 Å². The molecule has 0 spiro atoms. The second kappa shape index (κ2) is 6.65. The average Bonchev–Trinajstić information content (AvgIpc) is 2.86. The number of anilines is 1. The summed E-state index contributed by atoms with van der Waals surface area (Å²) in [4.78, 5) is 19.0. The maximum Gasteiger partial charge on any atom is 0.231 e. The Hall–Kier alpha value is -2.62. The number of hydrogen-bond donors (Lipinski definition) is 0. The first-order valence-electron chi connectivity index (χ1n) is 7.81. The van der Waals surface area contributed by atoms with Gasteiger partial charge >= 0.3 is 0 Å². The molecule has 0 saturated carbocycles. The molecule has 0 saturated heterocycles. The van der Waals surface area contributed by atoms with Crippen molar-refractivity contribution in [3.63, 3.8) is 0 Å². The molecular weight excluding hydrogens is 288 g/mol. The zero-order valence-corrected chi connectivity index (χ0v) is 13.5. The maximum atomic E-state index is 11.8. The summed E-state index contributed by atoms with van der Waals surface area (Å²) in [7, 11) is 1.81. The van der Waals surface area contributed by atoms with Crippen LogP contribution in [0.25, 0.3) is 0 Å². The van der Waals surface area contributed by atoms with Gasteiger partial charge in [-0.2, -0.15) is 0 Å². The van der Waals surface area contributed by atoms with E-state index in [4.69, 9.17) is 4.84 Å². The molecule has 4 nitrogen and oxygen atoms in total. The van der Waals surface area contributed by atoms with Crippen LogP contribution in [-0.2, 0) is 22.7 Å². The van der Waals surface area contributed by atoms with Crippen LogP contribution < -0.4 is 4.90 Å². The van der Waals surface area contributed by atoms with E-state index < -0.39 is 0 Å². The minimum Gasteiger partial charge on any atom is -0.391 e. The Kier molecular flexibility index (Phi) is 4.42. The van der Waals surface area contributed by atoms with E-state index in [1.165, 1.54) is 0 Å². The van der Waals surface area contributed by atoms with Gasteiger partial charge in [0.25, 0.3) is 0 Å². The van der Waals surface area contributed by atoms with E-state index in [1.807, 2.05) is 55.6 Å². The average molecular weight is 308 g/mol. The number of oxime groups is 1. The van der Waals surface area contributed by atoms with Crippen LogP contribution in [0, 0.1) is 0 Å². The largest absolute Gasteiger partial charge is 0.391 e. The standard InChI is InChI=1S/C19H20N2O2/c1-3-17(20-23-13-14-7-5-4-6-8-14)15-9-10-18-16(11-15)12-19(22)21(18)2/h4-11H,3,12-13H2,1-2H3/b20-17+. The lowest BCUT2D eigenvalue weighted by atomic mass is 10.0. The van der Waals surface area contributed by atoms with Gasteiger partial charge in [-0.15, -0.1) is 0 Å². The second-order valence-electron chi connectivity index (χ2n) is 5.62. The fraction of sp³-hybridized carbons (Fsp3) is 0.263. The summed E-state index contributed by atoms with van der Waals surface area (Å²) in [6, 6.07) is 16.0. The third kappa shape index (κ3) is 3.26. The van der Waals surface area contributed by atoms with Gasteiger partial charge in [0.2, 0.25) is 5.91 Å². The first kappa shape index (κ1) is 15.3. The van der Waals surface area contributed by atoms with Crippen LogP contribution >= 0.6 is 0 Å². The van der Waals surface area contributed by atoms with Gasteiger partial charge in [-0.05, 0) is 35.2 Å². The summed E-state index contributed by atoms with van der Waals surface area (Å²) in [5.74, 6) is 0.132. The summed E-state index contributed by atoms with van der Waals surface area (Å²) < 4.78 is 0. The number of rotatable bonds is 5. The van der Waals surface area contributed by atoms with Gasteiger partial charge in [-0.25, -0.2) is 0 Å². The lowest BCUT2D eigenvalue weighted by molar-refractivity contribution is -0.117. The molecule has 0 atom stereocenters. The van der Waals surface area contributed by atoms with Gasteiger partial charge in [0.05, 0.1) is 12.1 Å². The van der Waals surface area contributed by atoms with Crippen LogP contribution in [0.4, 0.5) is 5.69 Å². The molecule has 4 heteroatoms. The van der Waals surface area contributed by atoms with Crippen molar-refractivity contribution >= 4 is 17.3 Å². The third-order valence-electron chi connectivity index (χ3n) is 4.07. The van der Waals surface area contributed by atoms with Gasteiger partial charge in [-0.1, -0.05) is 48.5 Å². The lowest BCUT2D eigenvalue weighted by Gasteiger charge is -2.11. The molecule has 0 fully saturated rings. The Morgan fingerprint density at radius 1 is 1.22 bits per heavy atom. The van der Waals surface area contributed by atoms with Gasteiger partial charge in [0.15, 0.2) is 0 Å². The molecule has 0 unspecified atom stereocenters. The number of amides is 1. The number of benzene rings is 2. The smallest absolute Gasteiger partial charge is 0.231 e. The molecule has 2 aromatic carbocycles. The van der Waals surface area contributed by atoms with Crippen molar-refractivity contribution in [3.8, 4) is 0 Å². The number of fused-ring (bicyclic) bond motifs is 1. The molecule has 0 aliphatic carbocycles. The van der Waals surface area contributed by atoms with Crippen LogP contribution in [0.2, 0.25) is 0 Å². The fourth-order valence-electron chi connectivity index (χ4n) is 2.73. The normalized spacial score (nSPS) is 14.1. The van der Waals surface area contributed by atoms with E-state index in [0.29, 0.717) is 13.0 Å². The Bertz CT molecular complexity index is 738. The zero-order valence-electron chi connectivity index (χ0n) is 13.5. The predicted molar refractivity (Wildman–Crippen MR) is 91.6 cm³/mol. The Morgan fingerprint density at radius 2 is 2.00 bits per heavy atom. The van der Waals surface area contributed by atoms with Crippen molar-refractivity contribution in [3.05, 3.63) is 65.2 Å². The topological polar surface area (TPSA) is 41.9 Å². The minimum atomic E-state index is 0.132. The van der Waals surface area contributed by atoms with Crippen molar-refractivity contribution in [2.45, 2.75) is 26.4 Å². The predicted octanol–water partition coefficient (Wildman–Crippen LogP) is 3.54. The van der Waals surface area contributed by atoms with E-state index in [0.717, 1.165) is 34.5 Å². The molecule has 0 aromatic heterocycles. The van der Waals surface area contributed by atoms with Gasteiger partial charge in [0.1, 0.15) is 6.61 Å². The molecule has 2 aromatic rings. The SMILES string of the molecule is CC/C(=N\OCc1ccccc1)c1ccc2c(c1)CC(=O)N2C. The van der Waals surface area contributed by atoms with Crippen LogP contribution in [0.15, 0.2) is 53.7 Å². The molecule has 1 amide bonds. The molecule has 1 aliphatic rings. The number of carbonyl (C=O) groups is 1. The highest BCUT2D eigenvalue weighted by Gasteiger charge is 2.24. The molecule has 1 heterocycles. The van der Waals surface area contributed by atoms with Gasteiger partial charge in [-0.3, -0.25) is 4.79 Å². The molecule has 0 N–H and O–H groups in total.